The largest absolute Gasteiger partial charge is 0.481 e. The molecule has 30 heteroatoms. The monoisotopic (exact) mass is 1320 g/mol. The summed E-state index contributed by atoms with van der Waals surface area (Å²) < 4.78 is 209. The van der Waals surface area contributed by atoms with Crippen molar-refractivity contribution in [2.45, 2.75) is 103 Å². The van der Waals surface area contributed by atoms with Gasteiger partial charge in [-0.1, -0.05) is 61.9 Å². The van der Waals surface area contributed by atoms with E-state index >= 15 is 0 Å². The molecule has 2 unspecified atom stereocenters. The number of anilines is 2. The fourth-order valence-electron chi connectivity index (χ4n) is 10.4. The molecule has 7 N–H and O–H groups in total. The summed E-state index contributed by atoms with van der Waals surface area (Å²) in [5.41, 5.74) is 0.0671. The van der Waals surface area contributed by atoms with Crippen molar-refractivity contribution in [3.63, 3.8) is 0 Å². The molecule has 25 nitrogen and oxygen atoms in total. The molecule has 484 valence electrons. The Kier molecular flexibility index (Phi) is 27.1. The van der Waals surface area contributed by atoms with E-state index in [1.54, 1.807) is 69.6 Å². The van der Waals surface area contributed by atoms with Crippen LogP contribution in [0.15, 0.2) is 116 Å². The number of fused-ring (bicyclic) bond motifs is 4. The third kappa shape index (κ3) is 21.2. The zero-order valence-electron chi connectivity index (χ0n) is 48.8. The maximum atomic E-state index is 12.9. The number of nitrogens with zero attached hydrogens (tertiary/aromatic N) is 1. The number of carboxylic acids is 1. The van der Waals surface area contributed by atoms with Crippen LogP contribution in [-0.4, -0.2) is 175 Å². The molecule has 1 aliphatic heterocycles. The number of hydrogen-bond acceptors (Lipinski definition) is 19. The lowest BCUT2D eigenvalue weighted by Gasteiger charge is -2.33. The Balaban J connectivity index is 1.50. The average Bonchev–Trinajstić information content (AvgIpc) is 1.65. The van der Waals surface area contributed by atoms with Crippen LogP contribution in [0.2, 0.25) is 0 Å². The molecule has 1 heterocycles. The summed E-state index contributed by atoms with van der Waals surface area (Å²) in [4.78, 5) is 10.2. The van der Waals surface area contributed by atoms with Crippen molar-refractivity contribution in [1.29, 1.82) is 0 Å². The SMILES string of the molecule is CCNc1ccc2c(S(=O)(=O)O)cc(S(=O)(=O)O)cc2c1C(C)(C/C=C/C=C/C=C/C=C1/N(CCCCCC(=O)O)c2ccc3c(S(=O)(=O)O)cc(S(=O)(=O)O)cc3c2C1(C)CCOCCOCCOCCOCCOCCOC)CCCS(=O)(=O)O. The molecule has 4 aromatic carbocycles. The molecule has 5 rings (SSSR count). The molecule has 0 saturated heterocycles. The van der Waals surface area contributed by atoms with E-state index in [0.717, 1.165) is 12.1 Å². The summed E-state index contributed by atoms with van der Waals surface area (Å²) in [6.45, 7) is 9.52. The van der Waals surface area contributed by atoms with Gasteiger partial charge in [-0.3, -0.25) is 27.6 Å². The van der Waals surface area contributed by atoms with Gasteiger partial charge in [0.05, 0.1) is 81.6 Å². The van der Waals surface area contributed by atoms with Crippen molar-refractivity contribution in [2.24, 2.45) is 0 Å². The van der Waals surface area contributed by atoms with Crippen molar-refractivity contribution in [1.82, 2.24) is 0 Å². The van der Waals surface area contributed by atoms with Gasteiger partial charge in [-0.05, 0) is 122 Å². The van der Waals surface area contributed by atoms with Gasteiger partial charge in [-0.15, -0.1) is 0 Å². The Bertz CT molecular complexity index is 3740. The smallest absolute Gasteiger partial charge is 0.303 e. The highest BCUT2D eigenvalue weighted by Crippen LogP contribution is 2.54. The quantitative estimate of drug-likeness (QED) is 0.0127. The second-order valence-corrected chi connectivity index (χ2v) is 28.0. The molecule has 0 amide bonds. The van der Waals surface area contributed by atoms with Gasteiger partial charge in [0, 0.05) is 66.5 Å². The van der Waals surface area contributed by atoms with E-state index in [9.17, 15) is 74.8 Å². The normalized spacial score (nSPS) is 16.6. The first-order chi connectivity index (χ1) is 40.9. The molecule has 0 fully saturated rings. The van der Waals surface area contributed by atoms with Crippen LogP contribution >= 0.6 is 0 Å². The summed E-state index contributed by atoms with van der Waals surface area (Å²) in [6, 6.07) is 9.48. The number of hydrogen-bond donors (Lipinski definition) is 7. The summed E-state index contributed by atoms with van der Waals surface area (Å²) in [5, 5.41) is 12.5. The average molecular weight is 1320 g/mol. The molecular weight excluding hydrogens is 1240 g/mol. The zero-order valence-corrected chi connectivity index (χ0v) is 52.9. The number of unbranched alkanes of at least 4 members (excludes halogenated alkanes) is 2. The van der Waals surface area contributed by atoms with Crippen molar-refractivity contribution in [3.05, 3.63) is 108 Å². The highest BCUT2D eigenvalue weighted by molar-refractivity contribution is 7.87. The van der Waals surface area contributed by atoms with Gasteiger partial charge in [0.15, 0.2) is 0 Å². The molecule has 0 saturated carbocycles. The Morgan fingerprint density at radius 2 is 1.11 bits per heavy atom. The molecular formula is C57H78N2O23S5. The molecule has 4 aromatic rings. The molecule has 0 aliphatic carbocycles. The van der Waals surface area contributed by atoms with Gasteiger partial charge in [0.2, 0.25) is 0 Å². The van der Waals surface area contributed by atoms with Gasteiger partial charge in [-0.25, -0.2) is 0 Å². The predicted octanol–water partition coefficient (Wildman–Crippen LogP) is 7.82. The number of carbonyl (C=O) groups is 1. The fourth-order valence-corrected chi connectivity index (χ4v) is 13.6. The second-order valence-electron chi connectivity index (χ2n) is 20.8. The van der Waals surface area contributed by atoms with Crippen molar-refractivity contribution >= 4 is 89.5 Å². The van der Waals surface area contributed by atoms with Crippen LogP contribution in [0.5, 0.6) is 0 Å². The van der Waals surface area contributed by atoms with E-state index in [2.05, 4.69) is 5.32 Å². The van der Waals surface area contributed by atoms with Gasteiger partial charge in [0.1, 0.15) is 9.79 Å². The maximum Gasteiger partial charge on any atom is 0.303 e. The summed E-state index contributed by atoms with van der Waals surface area (Å²) in [7, 11) is -23.1. The first kappa shape index (κ1) is 72.5. The number of allylic oxidation sites excluding steroid dienone is 8. The Morgan fingerprint density at radius 3 is 1.63 bits per heavy atom. The number of aliphatic carboxylic acids is 1. The number of nitrogens with one attached hydrogen (secondary N) is 1. The lowest BCUT2D eigenvalue weighted by molar-refractivity contribution is -0.137. The number of methoxy groups -OCH3 is 1. The van der Waals surface area contributed by atoms with E-state index in [1.807, 2.05) is 11.8 Å². The Labute approximate surface area is 509 Å². The van der Waals surface area contributed by atoms with Crippen LogP contribution in [0.4, 0.5) is 11.4 Å². The van der Waals surface area contributed by atoms with Crippen molar-refractivity contribution in [3.8, 4) is 0 Å². The molecule has 0 spiro atoms. The zero-order chi connectivity index (χ0) is 64.3. The first-order valence-electron chi connectivity index (χ1n) is 27.8. The van der Waals surface area contributed by atoms with E-state index in [-0.39, 0.29) is 80.1 Å². The van der Waals surface area contributed by atoms with Crippen LogP contribution < -0.4 is 10.2 Å². The number of carboxylic acid groups (broad SMARTS) is 1. The lowest BCUT2D eigenvalue weighted by Crippen LogP contribution is -2.30. The highest BCUT2D eigenvalue weighted by Gasteiger charge is 2.45. The minimum absolute atomic E-state index is 0.0132. The summed E-state index contributed by atoms with van der Waals surface area (Å²) in [6.07, 6.45) is 13.5. The van der Waals surface area contributed by atoms with E-state index in [0.29, 0.717) is 119 Å². The van der Waals surface area contributed by atoms with Gasteiger partial charge < -0.3 is 43.7 Å². The molecule has 0 radical (unpaired) electrons. The predicted molar refractivity (Wildman–Crippen MR) is 326 cm³/mol. The van der Waals surface area contributed by atoms with Crippen LogP contribution in [0.25, 0.3) is 21.5 Å². The third-order valence-corrected chi connectivity index (χ3v) is 18.7. The van der Waals surface area contributed by atoms with Gasteiger partial charge in [-0.2, -0.15) is 42.1 Å². The van der Waals surface area contributed by atoms with Crippen LogP contribution in [-0.2, 0) is 94.6 Å². The minimum atomic E-state index is -5.08. The Morgan fingerprint density at radius 1 is 0.609 bits per heavy atom. The highest BCUT2D eigenvalue weighted by atomic mass is 32.2. The fraction of sp³-hybridized carbons (Fsp3) is 0.491. The van der Waals surface area contributed by atoms with Crippen molar-refractivity contribution < 1.29 is 103 Å². The summed E-state index contributed by atoms with van der Waals surface area (Å²) >= 11 is 0. The standard InChI is InChI=1S/C57H78N2O23S5/c1-5-58-48-20-18-44-46(38-42(84(65,66)67)40-50(44)86(71,72)73)54(48)56(2,23-15-37-83(62,63)64)22-13-9-7-6-8-11-16-52-57(3,24-26-78-29-30-80-33-34-82-36-35-81-32-31-79-28-27-77-4)55-47-39-43(85(68,69)70)41-51(87(74,75)76)45(47)19-21-49(55)59(52)25-14-10-12-17-53(60)61/h6-9,11,13,16,18-21,38-41,58H,5,10,12,14-15,17,22-37H2,1-4H3,(H,60,61)(H,62,63,64)(H,65,66,67)(H,68,69,70)(H,71,72,73)(H,74,75,76)/b7-6+,11-8+,13-9+,52-16+. The first-order valence-corrected chi connectivity index (χ1v) is 35.1. The molecule has 2 atom stereocenters. The van der Waals surface area contributed by atoms with Crippen LogP contribution in [0.3, 0.4) is 0 Å². The van der Waals surface area contributed by atoms with E-state index < -0.39 is 92.7 Å². The van der Waals surface area contributed by atoms with Crippen LogP contribution in [0.1, 0.15) is 83.3 Å². The van der Waals surface area contributed by atoms with Gasteiger partial charge >= 0.3 is 5.97 Å². The number of ether oxygens (including phenoxy) is 6. The number of benzene rings is 4. The lowest BCUT2D eigenvalue weighted by atomic mass is 9.73. The van der Waals surface area contributed by atoms with E-state index in [4.69, 9.17) is 28.4 Å². The summed E-state index contributed by atoms with van der Waals surface area (Å²) in [5.74, 6) is -1.61. The molecule has 0 bridgehead atoms. The molecule has 87 heavy (non-hydrogen) atoms. The second kappa shape index (κ2) is 32.5. The molecule has 0 aromatic heterocycles. The van der Waals surface area contributed by atoms with Gasteiger partial charge in [0.25, 0.3) is 50.6 Å². The Hall–Kier alpha value is -5.26. The number of rotatable bonds is 40. The minimum Gasteiger partial charge on any atom is -0.481 e. The molecule has 1 aliphatic rings. The van der Waals surface area contributed by atoms with Crippen LogP contribution in [0, 0.1) is 0 Å². The third-order valence-electron chi connectivity index (χ3n) is 14.4. The maximum absolute atomic E-state index is 12.9. The van der Waals surface area contributed by atoms with E-state index in [1.165, 1.54) is 18.2 Å². The topological polar surface area (TPSA) is 380 Å². The van der Waals surface area contributed by atoms with Crippen molar-refractivity contribution in [2.75, 3.05) is 109 Å².